The zero-order valence-electron chi connectivity index (χ0n) is 14.4. The number of rotatable bonds is 4. The topological polar surface area (TPSA) is 66.8 Å². The molecule has 1 aromatic carbocycles. The number of carbonyl (C=O) groups excluding carboxylic acids is 2. The first-order valence-electron chi connectivity index (χ1n) is 8.75. The van der Waals surface area contributed by atoms with Gasteiger partial charge in [0, 0.05) is 28.6 Å². The van der Waals surface area contributed by atoms with Crippen molar-refractivity contribution in [2.75, 3.05) is 13.2 Å². The maximum Gasteiger partial charge on any atom is 0.295 e. The molecule has 0 unspecified atom stereocenters. The smallest absolute Gasteiger partial charge is 0.295 e. The van der Waals surface area contributed by atoms with Gasteiger partial charge >= 0.3 is 0 Å². The van der Waals surface area contributed by atoms with Gasteiger partial charge in [-0.25, -0.2) is 0 Å². The number of Topliss-reactive ketones (excluding diaryl/α,β-unsaturated/α-hetero) is 1. The number of halogens is 1. The molecule has 0 bridgehead atoms. The van der Waals surface area contributed by atoms with E-state index in [1.165, 1.54) is 16.2 Å². The van der Waals surface area contributed by atoms with Crippen LogP contribution in [0.2, 0.25) is 5.02 Å². The number of likely N-dealkylation sites (tertiary alicyclic amines) is 1. The van der Waals surface area contributed by atoms with Gasteiger partial charge in [-0.3, -0.25) is 9.59 Å². The second kappa shape index (κ2) is 7.46. The monoisotopic (exact) mass is 403 g/mol. The highest BCUT2D eigenvalue weighted by molar-refractivity contribution is 7.10. The Morgan fingerprint density at radius 1 is 1.26 bits per heavy atom. The summed E-state index contributed by atoms with van der Waals surface area (Å²) in [7, 11) is 0. The Kier molecular flexibility index (Phi) is 5.04. The Hall–Kier alpha value is -2.15. The van der Waals surface area contributed by atoms with Crippen LogP contribution < -0.4 is 0 Å². The van der Waals surface area contributed by atoms with Gasteiger partial charge in [-0.1, -0.05) is 17.7 Å². The largest absolute Gasteiger partial charge is 0.507 e. The molecular formula is C20H18ClNO4S. The van der Waals surface area contributed by atoms with Gasteiger partial charge in [0.05, 0.1) is 17.7 Å². The molecule has 1 amide bonds. The average molecular weight is 404 g/mol. The van der Waals surface area contributed by atoms with Crippen LogP contribution in [0.3, 0.4) is 0 Å². The Morgan fingerprint density at radius 2 is 2.04 bits per heavy atom. The van der Waals surface area contributed by atoms with Gasteiger partial charge in [0.15, 0.2) is 0 Å². The highest BCUT2D eigenvalue weighted by atomic mass is 35.5. The normalized spacial score (nSPS) is 24.7. The zero-order valence-corrected chi connectivity index (χ0v) is 16.0. The fraction of sp³-hybridized carbons (Fsp3) is 0.300. The second-order valence-corrected chi connectivity index (χ2v) is 8.02. The van der Waals surface area contributed by atoms with Gasteiger partial charge in [-0.05, 0) is 48.6 Å². The van der Waals surface area contributed by atoms with Crippen LogP contribution in [0.1, 0.15) is 29.3 Å². The molecule has 2 saturated heterocycles. The van der Waals surface area contributed by atoms with Gasteiger partial charge in [0.2, 0.25) is 0 Å². The van der Waals surface area contributed by atoms with Crippen molar-refractivity contribution in [3.8, 4) is 0 Å². The van der Waals surface area contributed by atoms with E-state index in [0.29, 0.717) is 23.7 Å². The minimum atomic E-state index is -0.668. The van der Waals surface area contributed by atoms with E-state index in [0.717, 1.165) is 17.7 Å². The summed E-state index contributed by atoms with van der Waals surface area (Å²) in [4.78, 5) is 27.9. The standard InChI is InChI=1S/C20H18ClNO4S/c21-13-7-5-12(6-8-13)18(23)16-17(15-4-2-10-27-15)22(20(25)19(16)24)11-14-3-1-9-26-14/h2,4-8,10,14,17,23H,1,3,9,11H2/t14-,17-/m0/s1. The van der Waals surface area contributed by atoms with E-state index < -0.39 is 17.7 Å². The van der Waals surface area contributed by atoms with Gasteiger partial charge in [-0.2, -0.15) is 0 Å². The maximum atomic E-state index is 12.8. The molecule has 5 nitrogen and oxygen atoms in total. The number of hydrogen-bond donors (Lipinski definition) is 1. The first kappa shape index (κ1) is 18.2. The fourth-order valence-electron chi connectivity index (χ4n) is 3.58. The third-order valence-corrected chi connectivity index (χ3v) is 6.07. The molecule has 2 aliphatic rings. The minimum Gasteiger partial charge on any atom is -0.507 e. The van der Waals surface area contributed by atoms with Gasteiger partial charge in [0.1, 0.15) is 5.76 Å². The number of aliphatic hydroxyl groups excluding tert-OH is 1. The fourth-order valence-corrected chi connectivity index (χ4v) is 4.55. The number of ether oxygens (including phenoxy) is 1. The molecule has 2 atom stereocenters. The van der Waals surface area contributed by atoms with Crippen LogP contribution in [-0.2, 0) is 14.3 Å². The molecule has 4 rings (SSSR count). The van der Waals surface area contributed by atoms with Crippen LogP contribution in [-0.4, -0.2) is 41.0 Å². The summed E-state index contributed by atoms with van der Waals surface area (Å²) >= 11 is 7.37. The van der Waals surface area contributed by atoms with E-state index in [4.69, 9.17) is 16.3 Å². The van der Waals surface area contributed by atoms with Crippen molar-refractivity contribution in [1.82, 2.24) is 4.90 Å². The average Bonchev–Trinajstić information content (AvgIpc) is 3.40. The third-order valence-electron chi connectivity index (χ3n) is 4.89. The molecule has 2 aliphatic heterocycles. The van der Waals surface area contributed by atoms with Crippen molar-refractivity contribution in [2.24, 2.45) is 0 Å². The quantitative estimate of drug-likeness (QED) is 0.476. The SMILES string of the molecule is O=C1C(=O)N(C[C@@H]2CCCO2)[C@@H](c2cccs2)C1=C(O)c1ccc(Cl)cc1. The molecule has 7 heteroatoms. The lowest BCUT2D eigenvalue weighted by Crippen LogP contribution is -2.36. The van der Waals surface area contributed by atoms with Crippen LogP contribution in [0.15, 0.2) is 47.4 Å². The summed E-state index contributed by atoms with van der Waals surface area (Å²) in [5.74, 6) is -1.45. The maximum absolute atomic E-state index is 12.8. The predicted octanol–water partition coefficient (Wildman–Crippen LogP) is 4.00. The number of aliphatic hydroxyl groups is 1. The van der Waals surface area contributed by atoms with Crippen LogP contribution >= 0.6 is 22.9 Å². The van der Waals surface area contributed by atoms with Crippen LogP contribution in [0, 0.1) is 0 Å². The lowest BCUT2D eigenvalue weighted by molar-refractivity contribution is -0.140. The lowest BCUT2D eigenvalue weighted by atomic mass is 10.00. The van der Waals surface area contributed by atoms with Gasteiger partial charge in [0.25, 0.3) is 11.7 Å². The highest BCUT2D eigenvalue weighted by Gasteiger charge is 2.47. The zero-order chi connectivity index (χ0) is 19.0. The summed E-state index contributed by atoms with van der Waals surface area (Å²) in [6.07, 6.45) is 1.72. The molecule has 0 spiro atoms. The number of benzene rings is 1. The van der Waals surface area contributed by atoms with Crippen LogP contribution in [0.25, 0.3) is 5.76 Å². The molecule has 27 heavy (non-hydrogen) atoms. The molecule has 2 aromatic rings. The van der Waals surface area contributed by atoms with E-state index in [9.17, 15) is 14.7 Å². The van der Waals surface area contributed by atoms with Crippen LogP contribution in [0.4, 0.5) is 0 Å². The number of carbonyl (C=O) groups is 2. The Labute approximate surface area is 165 Å². The van der Waals surface area contributed by atoms with Gasteiger partial charge in [-0.15, -0.1) is 11.3 Å². The van der Waals surface area contributed by atoms with Crippen molar-refractivity contribution < 1.29 is 19.4 Å². The molecule has 1 N–H and O–H groups in total. The van der Waals surface area contributed by atoms with Crippen LogP contribution in [0.5, 0.6) is 0 Å². The Bertz CT molecular complexity index is 885. The molecular weight excluding hydrogens is 386 g/mol. The molecule has 140 valence electrons. The molecule has 0 aliphatic carbocycles. The number of hydrogen-bond acceptors (Lipinski definition) is 5. The van der Waals surface area contributed by atoms with E-state index in [2.05, 4.69) is 0 Å². The van der Waals surface area contributed by atoms with Crippen molar-refractivity contribution in [1.29, 1.82) is 0 Å². The Balaban J connectivity index is 1.78. The highest BCUT2D eigenvalue weighted by Crippen LogP contribution is 2.41. The van der Waals surface area contributed by atoms with E-state index >= 15 is 0 Å². The van der Waals surface area contributed by atoms with Crippen molar-refractivity contribution in [2.45, 2.75) is 25.0 Å². The van der Waals surface area contributed by atoms with Crippen molar-refractivity contribution in [3.63, 3.8) is 0 Å². The first-order valence-corrected chi connectivity index (χ1v) is 10.0. The van der Waals surface area contributed by atoms with Crippen molar-refractivity contribution in [3.05, 3.63) is 62.8 Å². The molecule has 1 aromatic heterocycles. The predicted molar refractivity (Wildman–Crippen MR) is 104 cm³/mol. The summed E-state index contributed by atoms with van der Waals surface area (Å²) in [6.45, 7) is 1.01. The van der Waals surface area contributed by atoms with Gasteiger partial charge < -0.3 is 14.7 Å². The lowest BCUT2D eigenvalue weighted by Gasteiger charge is -2.26. The van der Waals surface area contributed by atoms with E-state index in [1.807, 2.05) is 17.5 Å². The first-order chi connectivity index (χ1) is 13.1. The number of nitrogens with zero attached hydrogens (tertiary/aromatic N) is 1. The van der Waals surface area contributed by atoms with Crippen molar-refractivity contribution >= 4 is 40.4 Å². The minimum absolute atomic E-state index is 0.0822. The summed E-state index contributed by atoms with van der Waals surface area (Å²) in [5.41, 5.74) is 0.568. The number of amides is 1. The van der Waals surface area contributed by atoms with E-state index in [1.54, 1.807) is 24.3 Å². The molecule has 0 saturated carbocycles. The molecule has 0 radical (unpaired) electrons. The number of ketones is 1. The number of thiophene rings is 1. The third kappa shape index (κ3) is 3.40. The summed E-state index contributed by atoms with van der Waals surface area (Å²) in [6, 6.07) is 9.68. The summed E-state index contributed by atoms with van der Waals surface area (Å²) in [5, 5.41) is 13.3. The molecule has 2 fully saturated rings. The van der Waals surface area contributed by atoms with E-state index in [-0.39, 0.29) is 17.4 Å². The molecule has 3 heterocycles. The summed E-state index contributed by atoms with van der Waals surface area (Å²) < 4.78 is 5.66. The Morgan fingerprint density at radius 3 is 2.67 bits per heavy atom. The second-order valence-electron chi connectivity index (χ2n) is 6.61.